The standard InChI is InChI=1S/C23H31N3O5/c1-15(17-9-5-3-6-10-17)26-14-18(13-20(26)27)22(29)31-16(2)21(28)25-23(30)24-19-11-7-4-8-12-19/h3,5-6,9-10,15-16,18-19H,4,7-8,11-14H2,1-2H3,(H2,24,25,28,30)/t15-,16-,18+/m0/s1. The first-order chi connectivity index (χ1) is 14.8. The third kappa shape index (κ3) is 6.06. The van der Waals surface area contributed by atoms with Crippen LogP contribution in [0.25, 0.3) is 0 Å². The summed E-state index contributed by atoms with van der Waals surface area (Å²) in [6.07, 6.45) is 4.02. The number of carbonyl (C=O) groups is 4. The maximum absolute atomic E-state index is 12.5. The molecule has 4 amide bonds. The van der Waals surface area contributed by atoms with Crippen molar-refractivity contribution in [3.63, 3.8) is 0 Å². The van der Waals surface area contributed by atoms with Crippen LogP contribution in [-0.2, 0) is 19.1 Å². The summed E-state index contributed by atoms with van der Waals surface area (Å²) in [5.41, 5.74) is 0.988. The minimum atomic E-state index is -1.12. The van der Waals surface area contributed by atoms with Gasteiger partial charge in [0.2, 0.25) is 5.91 Å². The fourth-order valence-electron chi connectivity index (χ4n) is 4.18. The van der Waals surface area contributed by atoms with E-state index in [9.17, 15) is 19.2 Å². The van der Waals surface area contributed by atoms with E-state index < -0.39 is 29.9 Å². The molecule has 3 rings (SSSR count). The van der Waals surface area contributed by atoms with Gasteiger partial charge in [0.05, 0.1) is 12.0 Å². The first kappa shape index (κ1) is 22.8. The number of esters is 1. The van der Waals surface area contributed by atoms with E-state index in [4.69, 9.17) is 4.74 Å². The molecular weight excluding hydrogens is 398 g/mol. The number of imide groups is 1. The van der Waals surface area contributed by atoms with Crippen molar-refractivity contribution in [2.45, 2.75) is 70.6 Å². The van der Waals surface area contributed by atoms with Crippen molar-refractivity contribution in [3.05, 3.63) is 35.9 Å². The van der Waals surface area contributed by atoms with Crippen LogP contribution < -0.4 is 10.6 Å². The molecule has 3 atom stereocenters. The molecule has 0 aromatic heterocycles. The van der Waals surface area contributed by atoms with Gasteiger partial charge in [0, 0.05) is 19.0 Å². The number of hydrogen-bond donors (Lipinski definition) is 2. The Morgan fingerprint density at radius 2 is 1.74 bits per heavy atom. The third-order valence-electron chi connectivity index (χ3n) is 6.08. The number of amides is 4. The molecule has 0 spiro atoms. The lowest BCUT2D eigenvalue weighted by atomic mass is 9.96. The van der Waals surface area contributed by atoms with Crippen molar-refractivity contribution in [1.29, 1.82) is 0 Å². The average Bonchev–Trinajstić information content (AvgIpc) is 3.16. The maximum atomic E-state index is 12.5. The molecule has 1 aliphatic heterocycles. The largest absolute Gasteiger partial charge is 0.452 e. The normalized spacial score (nSPS) is 21.3. The van der Waals surface area contributed by atoms with Crippen molar-refractivity contribution >= 4 is 23.8 Å². The minimum Gasteiger partial charge on any atom is -0.452 e. The Bertz CT molecular complexity index is 807. The molecule has 2 fully saturated rings. The van der Waals surface area contributed by atoms with E-state index in [1.165, 1.54) is 6.92 Å². The molecule has 1 aliphatic carbocycles. The van der Waals surface area contributed by atoms with Crippen LogP contribution >= 0.6 is 0 Å². The van der Waals surface area contributed by atoms with Gasteiger partial charge in [-0.2, -0.15) is 0 Å². The molecule has 2 aliphatic rings. The molecule has 1 aromatic carbocycles. The average molecular weight is 430 g/mol. The molecule has 0 unspecified atom stereocenters. The van der Waals surface area contributed by atoms with Gasteiger partial charge >= 0.3 is 12.0 Å². The number of rotatable bonds is 6. The van der Waals surface area contributed by atoms with Crippen LogP contribution in [0.2, 0.25) is 0 Å². The zero-order valence-corrected chi connectivity index (χ0v) is 18.1. The van der Waals surface area contributed by atoms with Crippen molar-refractivity contribution < 1.29 is 23.9 Å². The number of likely N-dealkylation sites (tertiary alicyclic amines) is 1. The summed E-state index contributed by atoms with van der Waals surface area (Å²) in [5.74, 6) is -2.04. The van der Waals surface area contributed by atoms with E-state index in [2.05, 4.69) is 10.6 Å². The quantitative estimate of drug-likeness (QED) is 0.677. The molecule has 1 saturated heterocycles. The van der Waals surface area contributed by atoms with E-state index in [1.54, 1.807) is 4.90 Å². The van der Waals surface area contributed by atoms with Gasteiger partial charge in [-0.1, -0.05) is 49.6 Å². The van der Waals surface area contributed by atoms with Crippen molar-refractivity contribution in [1.82, 2.24) is 15.5 Å². The van der Waals surface area contributed by atoms with E-state index >= 15 is 0 Å². The lowest BCUT2D eigenvalue weighted by Gasteiger charge is -2.25. The van der Waals surface area contributed by atoms with Gasteiger partial charge in [0.1, 0.15) is 0 Å². The smallest absolute Gasteiger partial charge is 0.321 e. The van der Waals surface area contributed by atoms with Crippen LogP contribution in [0.5, 0.6) is 0 Å². The number of nitrogens with one attached hydrogen (secondary N) is 2. The summed E-state index contributed by atoms with van der Waals surface area (Å²) < 4.78 is 5.26. The van der Waals surface area contributed by atoms with Crippen molar-refractivity contribution in [3.8, 4) is 0 Å². The van der Waals surface area contributed by atoms with Crippen LogP contribution in [0.15, 0.2) is 30.3 Å². The lowest BCUT2D eigenvalue weighted by molar-refractivity contribution is -0.158. The lowest BCUT2D eigenvalue weighted by Crippen LogP contribution is -2.48. The number of benzene rings is 1. The van der Waals surface area contributed by atoms with E-state index in [-0.39, 0.29) is 31.0 Å². The second-order valence-corrected chi connectivity index (χ2v) is 8.41. The molecule has 31 heavy (non-hydrogen) atoms. The fraction of sp³-hybridized carbons (Fsp3) is 0.565. The first-order valence-electron chi connectivity index (χ1n) is 11.0. The zero-order valence-electron chi connectivity index (χ0n) is 18.1. The van der Waals surface area contributed by atoms with Crippen LogP contribution in [0.4, 0.5) is 4.79 Å². The van der Waals surface area contributed by atoms with Crippen LogP contribution in [0, 0.1) is 5.92 Å². The fourth-order valence-corrected chi connectivity index (χ4v) is 4.18. The number of urea groups is 1. The zero-order chi connectivity index (χ0) is 22.4. The molecule has 2 N–H and O–H groups in total. The second-order valence-electron chi connectivity index (χ2n) is 8.41. The SMILES string of the molecule is C[C@H](OC(=O)[C@@H]1CC(=O)N([C@@H](C)c2ccccc2)C1)C(=O)NC(=O)NC1CCCCC1. The predicted octanol–water partition coefficient (Wildman–Crippen LogP) is 2.69. The summed E-state index contributed by atoms with van der Waals surface area (Å²) in [6, 6.07) is 8.94. The Morgan fingerprint density at radius 3 is 2.42 bits per heavy atom. The number of carbonyl (C=O) groups excluding carboxylic acids is 4. The highest BCUT2D eigenvalue weighted by atomic mass is 16.5. The Morgan fingerprint density at radius 1 is 1.06 bits per heavy atom. The van der Waals surface area contributed by atoms with E-state index in [0.29, 0.717) is 0 Å². The first-order valence-corrected chi connectivity index (χ1v) is 11.0. The van der Waals surface area contributed by atoms with Gasteiger partial charge in [0.15, 0.2) is 6.10 Å². The van der Waals surface area contributed by atoms with E-state index in [0.717, 1.165) is 37.7 Å². The van der Waals surface area contributed by atoms with Gasteiger partial charge in [-0.05, 0) is 32.3 Å². The highest BCUT2D eigenvalue weighted by molar-refractivity contribution is 5.97. The molecule has 1 saturated carbocycles. The molecule has 8 nitrogen and oxygen atoms in total. The monoisotopic (exact) mass is 429 g/mol. The van der Waals surface area contributed by atoms with Gasteiger partial charge in [-0.15, -0.1) is 0 Å². The van der Waals surface area contributed by atoms with Crippen LogP contribution in [0.3, 0.4) is 0 Å². The molecule has 1 heterocycles. The summed E-state index contributed by atoms with van der Waals surface area (Å²) in [4.78, 5) is 50.9. The van der Waals surface area contributed by atoms with Gasteiger partial charge in [-0.25, -0.2) is 4.79 Å². The summed E-state index contributed by atoms with van der Waals surface area (Å²) >= 11 is 0. The molecule has 8 heteroatoms. The maximum Gasteiger partial charge on any atom is 0.321 e. The molecule has 0 radical (unpaired) electrons. The van der Waals surface area contributed by atoms with Gasteiger partial charge in [-0.3, -0.25) is 19.7 Å². The molecule has 0 bridgehead atoms. The molecule has 1 aromatic rings. The second kappa shape index (κ2) is 10.4. The predicted molar refractivity (Wildman–Crippen MR) is 114 cm³/mol. The van der Waals surface area contributed by atoms with Gasteiger partial charge < -0.3 is 15.0 Å². The number of hydrogen-bond acceptors (Lipinski definition) is 5. The van der Waals surface area contributed by atoms with Crippen molar-refractivity contribution in [2.75, 3.05) is 6.54 Å². The Hall–Kier alpha value is -2.90. The van der Waals surface area contributed by atoms with Crippen LogP contribution in [-0.4, -0.2) is 47.4 Å². The minimum absolute atomic E-state index is 0.0481. The summed E-state index contributed by atoms with van der Waals surface area (Å²) in [5, 5.41) is 5.03. The van der Waals surface area contributed by atoms with E-state index in [1.807, 2.05) is 37.3 Å². The third-order valence-corrected chi connectivity index (χ3v) is 6.08. The molecular formula is C23H31N3O5. The Balaban J connectivity index is 1.47. The topological polar surface area (TPSA) is 105 Å². The molecule has 168 valence electrons. The number of ether oxygens (including phenoxy) is 1. The number of nitrogens with zero attached hydrogens (tertiary/aromatic N) is 1. The summed E-state index contributed by atoms with van der Waals surface area (Å²) in [7, 11) is 0. The highest BCUT2D eigenvalue weighted by Gasteiger charge is 2.39. The highest BCUT2D eigenvalue weighted by Crippen LogP contribution is 2.29. The Kier molecular flexibility index (Phi) is 7.65. The van der Waals surface area contributed by atoms with Crippen LogP contribution in [0.1, 0.15) is 64.0 Å². The Labute approximate surface area is 182 Å². The summed E-state index contributed by atoms with van der Waals surface area (Å²) in [6.45, 7) is 3.58. The van der Waals surface area contributed by atoms with Gasteiger partial charge in [0.25, 0.3) is 5.91 Å². The van der Waals surface area contributed by atoms with Crippen molar-refractivity contribution in [2.24, 2.45) is 5.92 Å².